The van der Waals surface area contributed by atoms with Crippen molar-refractivity contribution in [3.05, 3.63) is 59.7 Å². The van der Waals surface area contributed by atoms with Gasteiger partial charge in [-0.2, -0.15) is 5.10 Å². The monoisotopic (exact) mass is 474 g/mol. The first-order valence-electron chi connectivity index (χ1n) is 10.9. The SMILES string of the molecule is Cc1cc(C)n(-c2cc(N3CCCC(C(=O)NCc4ccccc4OC(F)(F)F)C3)ncn2)n1. The summed E-state index contributed by atoms with van der Waals surface area (Å²) in [7, 11) is 0. The number of anilines is 1. The van der Waals surface area contributed by atoms with Crippen LogP contribution >= 0.6 is 0 Å². The molecule has 0 aliphatic carbocycles. The number of amides is 1. The topological polar surface area (TPSA) is 85.2 Å². The molecule has 2 aromatic heterocycles. The van der Waals surface area contributed by atoms with Crippen molar-refractivity contribution in [1.29, 1.82) is 0 Å². The minimum atomic E-state index is -4.80. The summed E-state index contributed by atoms with van der Waals surface area (Å²) in [6.07, 6.45) is -1.86. The Labute approximate surface area is 194 Å². The zero-order valence-corrected chi connectivity index (χ0v) is 18.8. The molecule has 4 rings (SSSR count). The molecule has 11 heteroatoms. The second-order valence-corrected chi connectivity index (χ2v) is 8.23. The zero-order valence-electron chi connectivity index (χ0n) is 18.8. The van der Waals surface area contributed by atoms with Gasteiger partial charge in [-0.1, -0.05) is 18.2 Å². The summed E-state index contributed by atoms with van der Waals surface area (Å²) in [6, 6.07) is 9.57. The summed E-state index contributed by atoms with van der Waals surface area (Å²) in [5.74, 6) is 0.469. The molecule has 1 aliphatic rings. The van der Waals surface area contributed by atoms with Crippen LogP contribution in [0.25, 0.3) is 5.82 Å². The highest BCUT2D eigenvalue weighted by Gasteiger charge is 2.32. The molecule has 1 N–H and O–H groups in total. The van der Waals surface area contributed by atoms with Gasteiger partial charge in [-0.05, 0) is 38.8 Å². The van der Waals surface area contributed by atoms with Crippen LogP contribution in [0, 0.1) is 19.8 Å². The molecule has 0 saturated carbocycles. The third kappa shape index (κ3) is 5.64. The van der Waals surface area contributed by atoms with Crippen LogP contribution in [-0.2, 0) is 11.3 Å². The number of nitrogens with zero attached hydrogens (tertiary/aromatic N) is 5. The smallest absolute Gasteiger partial charge is 0.405 e. The number of benzene rings is 1. The Hall–Kier alpha value is -3.63. The van der Waals surface area contributed by atoms with Crippen molar-refractivity contribution in [2.24, 2.45) is 5.92 Å². The number of carbonyl (C=O) groups is 1. The van der Waals surface area contributed by atoms with Crippen molar-refractivity contribution in [2.75, 3.05) is 18.0 Å². The zero-order chi connectivity index (χ0) is 24.3. The van der Waals surface area contributed by atoms with Crippen LogP contribution in [-0.4, -0.2) is 45.1 Å². The van der Waals surface area contributed by atoms with Crippen LogP contribution in [0.3, 0.4) is 0 Å². The number of nitrogens with one attached hydrogen (secondary N) is 1. The van der Waals surface area contributed by atoms with Crippen LogP contribution in [0.1, 0.15) is 29.8 Å². The van der Waals surface area contributed by atoms with E-state index in [4.69, 9.17) is 0 Å². The maximum atomic E-state index is 12.8. The molecule has 1 amide bonds. The Morgan fingerprint density at radius 1 is 1.18 bits per heavy atom. The van der Waals surface area contributed by atoms with Crippen LogP contribution in [0.15, 0.2) is 42.7 Å². The lowest BCUT2D eigenvalue weighted by atomic mass is 9.97. The van der Waals surface area contributed by atoms with Gasteiger partial charge in [0, 0.05) is 37.0 Å². The number of alkyl halides is 3. The number of ether oxygens (including phenoxy) is 1. The standard InChI is InChI=1S/C23H25F3N6O2/c1-15-10-16(2)32(30-15)21-11-20(28-14-29-21)31-9-5-7-18(13-31)22(33)27-12-17-6-3-4-8-19(17)34-23(24,25)26/h3-4,6,8,10-11,14,18H,5,7,9,12-13H2,1-2H3,(H,27,33). The van der Waals surface area contributed by atoms with Crippen LogP contribution in [0.5, 0.6) is 5.75 Å². The van der Waals surface area contributed by atoms with Crippen molar-refractivity contribution >= 4 is 11.7 Å². The van der Waals surface area contributed by atoms with E-state index >= 15 is 0 Å². The highest BCUT2D eigenvalue weighted by molar-refractivity contribution is 5.79. The lowest BCUT2D eigenvalue weighted by Crippen LogP contribution is -2.43. The summed E-state index contributed by atoms with van der Waals surface area (Å²) in [5.41, 5.74) is 2.09. The van der Waals surface area contributed by atoms with E-state index in [0.29, 0.717) is 24.6 Å². The van der Waals surface area contributed by atoms with Gasteiger partial charge in [0.05, 0.1) is 11.6 Å². The summed E-state index contributed by atoms with van der Waals surface area (Å²) in [4.78, 5) is 23.5. The number of aromatic nitrogens is 4. The first-order valence-corrected chi connectivity index (χ1v) is 10.9. The molecular formula is C23H25F3N6O2. The van der Waals surface area contributed by atoms with Crippen LogP contribution < -0.4 is 15.0 Å². The summed E-state index contributed by atoms with van der Waals surface area (Å²) < 4.78 is 43.7. The molecule has 1 aliphatic heterocycles. The van der Waals surface area contributed by atoms with Gasteiger partial charge < -0.3 is 15.0 Å². The lowest BCUT2D eigenvalue weighted by molar-refractivity contribution is -0.274. The minimum Gasteiger partial charge on any atom is -0.405 e. The molecule has 180 valence electrons. The normalized spacial score (nSPS) is 16.4. The average Bonchev–Trinajstić information content (AvgIpc) is 3.15. The number of para-hydroxylation sites is 1. The van der Waals surface area contributed by atoms with Gasteiger partial charge in [-0.3, -0.25) is 4.79 Å². The number of rotatable bonds is 6. The fraction of sp³-hybridized carbons (Fsp3) is 0.391. The largest absolute Gasteiger partial charge is 0.573 e. The average molecular weight is 474 g/mol. The van der Waals surface area contributed by atoms with Crippen LogP contribution in [0.2, 0.25) is 0 Å². The molecule has 3 heterocycles. The van der Waals surface area contributed by atoms with Gasteiger partial charge >= 0.3 is 6.36 Å². The summed E-state index contributed by atoms with van der Waals surface area (Å²) >= 11 is 0. The Morgan fingerprint density at radius 2 is 1.94 bits per heavy atom. The molecule has 8 nitrogen and oxygen atoms in total. The fourth-order valence-corrected chi connectivity index (χ4v) is 4.09. The number of carbonyl (C=O) groups excluding carboxylic acids is 1. The number of halogens is 3. The molecule has 1 aromatic carbocycles. The van der Waals surface area contributed by atoms with Gasteiger partial charge in [0.1, 0.15) is 17.9 Å². The molecule has 34 heavy (non-hydrogen) atoms. The van der Waals surface area contributed by atoms with Crippen LogP contribution in [0.4, 0.5) is 19.0 Å². The van der Waals surface area contributed by atoms with Gasteiger partial charge in [0.15, 0.2) is 5.82 Å². The highest BCUT2D eigenvalue weighted by Crippen LogP contribution is 2.27. The van der Waals surface area contributed by atoms with E-state index in [-0.39, 0.29) is 29.7 Å². The first kappa shape index (κ1) is 23.5. The van der Waals surface area contributed by atoms with Crippen molar-refractivity contribution in [1.82, 2.24) is 25.1 Å². The second-order valence-electron chi connectivity index (χ2n) is 8.23. The third-order valence-corrected chi connectivity index (χ3v) is 5.63. The molecule has 1 unspecified atom stereocenters. The van der Waals surface area contributed by atoms with E-state index in [1.165, 1.54) is 24.5 Å². The second kappa shape index (κ2) is 9.70. The lowest BCUT2D eigenvalue weighted by Gasteiger charge is -2.33. The number of hydrogen-bond acceptors (Lipinski definition) is 6. The first-order chi connectivity index (χ1) is 16.2. The third-order valence-electron chi connectivity index (χ3n) is 5.63. The summed E-state index contributed by atoms with van der Waals surface area (Å²) in [5, 5.41) is 7.21. The van der Waals surface area contributed by atoms with Gasteiger partial charge in [-0.25, -0.2) is 14.6 Å². The molecule has 3 aromatic rings. The number of aryl methyl sites for hydroxylation is 2. The predicted molar refractivity (Wildman–Crippen MR) is 119 cm³/mol. The van der Waals surface area contributed by atoms with E-state index in [2.05, 4.69) is 25.1 Å². The molecule has 0 bridgehead atoms. The quantitative estimate of drug-likeness (QED) is 0.586. The molecule has 1 saturated heterocycles. The Bertz CT molecular complexity index is 1160. The molecule has 1 fully saturated rings. The fourth-order valence-electron chi connectivity index (χ4n) is 4.09. The van der Waals surface area contributed by atoms with Crippen molar-refractivity contribution in [2.45, 2.75) is 39.6 Å². The predicted octanol–water partition coefficient (Wildman–Crippen LogP) is 3.71. The number of piperidine rings is 1. The van der Waals surface area contributed by atoms with E-state index in [0.717, 1.165) is 24.4 Å². The van der Waals surface area contributed by atoms with E-state index in [1.54, 1.807) is 10.7 Å². The highest BCUT2D eigenvalue weighted by atomic mass is 19.4. The Balaban J connectivity index is 1.41. The Morgan fingerprint density at radius 3 is 2.68 bits per heavy atom. The van der Waals surface area contributed by atoms with Crippen molar-refractivity contribution in [3.63, 3.8) is 0 Å². The summed E-state index contributed by atoms with van der Waals surface area (Å²) in [6.45, 7) is 4.98. The maximum Gasteiger partial charge on any atom is 0.573 e. The molecule has 1 atom stereocenters. The number of hydrogen-bond donors (Lipinski definition) is 1. The van der Waals surface area contributed by atoms with Gasteiger partial charge in [0.25, 0.3) is 0 Å². The van der Waals surface area contributed by atoms with Crippen molar-refractivity contribution in [3.8, 4) is 11.6 Å². The van der Waals surface area contributed by atoms with E-state index in [1.807, 2.05) is 30.9 Å². The van der Waals surface area contributed by atoms with Gasteiger partial charge in [-0.15, -0.1) is 13.2 Å². The Kier molecular flexibility index (Phi) is 6.71. The maximum absolute atomic E-state index is 12.8. The molecule has 0 spiro atoms. The van der Waals surface area contributed by atoms with Crippen molar-refractivity contribution < 1.29 is 22.7 Å². The minimum absolute atomic E-state index is 0.0584. The van der Waals surface area contributed by atoms with E-state index in [9.17, 15) is 18.0 Å². The molecule has 0 radical (unpaired) electrons. The van der Waals surface area contributed by atoms with E-state index < -0.39 is 6.36 Å². The van der Waals surface area contributed by atoms with Gasteiger partial charge in [0.2, 0.25) is 5.91 Å². The molecular weight excluding hydrogens is 449 g/mol.